The van der Waals surface area contributed by atoms with E-state index in [2.05, 4.69) is 20.6 Å². The SMILES string of the molecule is CC[C@@H]1CCCCN1c1nc2c(c(=O)[nH]1)[C@@H](C(=O)Nc1ccc(Cl)c(C(F)(F)F)c1)CC(=O)N2. The summed E-state index contributed by atoms with van der Waals surface area (Å²) in [6.45, 7) is 2.75. The van der Waals surface area contributed by atoms with Crippen molar-refractivity contribution in [1.82, 2.24) is 9.97 Å². The molecule has 2 atom stereocenters. The molecule has 0 spiro atoms. The molecule has 0 bridgehead atoms. The summed E-state index contributed by atoms with van der Waals surface area (Å²) in [7, 11) is 0. The van der Waals surface area contributed by atoms with E-state index >= 15 is 0 Å². The Balaban J connectivity index is 1.65. The van der Waals surface area contributed by atoms with Crippen LogP contribution in [0.1, 0.15) is 56.1 Å². The summed E-state index contributed by atoms with van der Waals surface area (Å²) in [5.74, 6) is -2.22. The van der Waals surface area contributed by atoms with Crippen molar-refractivity contribution in [2.75, 3.05) is 22.1 Å². The summed E-state index contributed by atoms with van der Waals surface area (Å²) in [6.07, 6.45) is -1.23. The van der Waals surface area contributed by atoms with Crippen LogP contribution in [-0.4, -0.2) is 34.4 Å². The third-order valence-electron chi connectivity index (χ3n) is 6.16. The highest BCUT2D eigenvalue weighted by atomic mass is 35.5. The van der Waals surface area contributed by atoms with Gasteiger partial charge in [-0.1, -0.05) is 18.5 Å². The van der Waals surface area contributed by atoms with E-state index in [-0.39, 0.29) is 29.5 Å². The summed E-state index contributed by atoms with van der Waals surface area (Å²) in [5, 5.41) is 4.41. The number of aromatic nitrogens is 2. The molecule has 0 saturated carbocycles. The van der Waals surface area contributed by atoms with Crippen molar-refractivity contribution in [2.45, 2.75) is 57.2 Å². The molecule has 1 aromatic heterocycles. The lowest BCUT2D eigenvalue weighted by molar-refractivity contribution is -0.137. The molecule has 3 N–H and O–H groups in total. The summed E-state index contributed by atoms with van der Waals surface area (Å²) in [4.78, 5) is 47.4. The van der Waals surface area contributed by atoms with Crippen molar-refractivity contribution < 1.29 is 22.8 Å². The number of fused-ring (bicyclic) bond motifs is 1. The monoisotopic (exact) mass is 497 g/mol. The Morgan fingerprint density at radius 2 is 2.06 bits per heavy atom. The Bertz CT molecular complexity index is 1180. The first-order chi connectivity index (χ1) is 16.1. The molecule has 1 saturated heterocycles. The smallest absolute Gasteiger partial charge is 0.339 e. The Morgan fingerprint density at radius 3 is 2.76 bits per heavy atom. The second-order valence-electron chi connectivity index (χ2n) is 8.39. The quantitative estimate of drug-likeness (QED) is 0.584. The van der Waals surface area contributed by atoms with Gasteiger partial charge >= 0.3 is 6.18 Å². The fourth-order valence-corrected chi connectivity index (χ4v) is 4.70. The number of benzene rings is 1. The molecule has 8 nitrogen and oxygen atoms in total. The van der Waals surface area contributed by atoms with Gasteiger partial charge in [0.2, 0.25) is 17.8 Å². The average molecular weight is 498 g/mol. The van der Waals surface area contributed by atoms with Crippen molar-refractivity contribution in [1.29, 1.82) is 0 Å². The number of piperidine rings is 1. The maximum Gasteiger partial charge on any atom is 0.417 e. The van der Waals surface area contributed by atoms with E-state index in [1.807, 2.05) is 11.8 Å². The predicted molar refractivity (Wildman–Crippen MR) is 121 cm³/mol. The molecule has 182 valence electrons. The Morgan fingerprint density at radius 1 is 1.29 bits per heavy atom. The van der Waals surface area contributed by atoms with Gasteiger partial charge in [0.25, 0.3) is 5.56 Å². The molecule has 2 amide bonds. The molecule has 4 rings (SSSR count). The molecular formula is C22H23ClF3N5O3. The number of hydrogen-bond acceptors (Lipinski definition) is 5. The average Bonchev–Trinajstić information content (AvgIpc) is 2.78. The van der Waals surface area contributed by atoms with E-state index in [1.54, 1.807) is 0 Å². The molecule has 0 unspecified atom stereocenters. The van der Waals surface area contributed by atoms with Crippen molar-refractivity contribution in [3.8, 4) is 0 Å². The van der Waals surface area contributed by atoms with E-state index in [9.17, 15) is 27.6 Å². The number of alkyl halides is 3. The number of rotatable bonds is 4. The van der Waals surface area contributed by atoms with E-state index in [1.165, 1.54) is 6.07 Å². The van der Waals surface area contributed by atoms with Crippen LogP contribution in [-0.2, 0) is 15.8 Å². The largest absolute Gasteiger partial charge is 0.417 e. The van der Waals surface area contributed by atoms with Crippen LogP contribution in [0, 0.1) is 0 Å². The van der Waals surface area contributed by atoms with Crippen molar-refractivity contribution >= 4 is 40.9 Å². The minimum absolute atomic E-state index is 0.0114. The fraction of sp³-hybridized carbons (Fsp3) is 0.455. The van der Waals surface area contributed by atoms with Crippen LogP contribution in [0.25, 0.3) is 0 Å². The zero-order valence-corrected chi connectivity index (χ0v) is 19.0. The highest BCUT2D eigenvalue weighted by Crippen LogP contribution is 2.37. The normalized spacial score (nSPS) is 20.5. The number of aromatic amines is 1. The first-order valence-electron chi connectivity index (χ1n) is 11.0. The van der Waals surface area contributed by atoms with E-state index < -0.39 is 40.1 Å². The number of H-pyrrole nitrogens is 1. The van der Waals surface area contributed by atoms with Gasteiger partial charge in [-0.3, -0.25) is 19.4 Å². The molecule has 12 heteroatoms. The Kier molecular flexibility index (Phi) is 6.57. The minimum atomic E-state index is -4.71. The highest BCUT2D eigenvalue weighted by Gasteiger charge is 2.37. The zero-order chi connectivity index (χ0) is 24.6. The molecule has 1 aromatic carbocycles. The Labute approximate surface area is 197 Å². The van der Waals surface area contributed by atoms with Crippen LogP contribution in [0.15, 0.2) is 23.0 Å². The lowest BCUT2D eigenvalue weighted by Gasteiger charge is -2.36. The van der Waals surface area contributed by atoms with Crippen LogP contribution in [0.3, 0.4) is 0 Å². The maximum atomic E-state index is 13.2. The summed E-state index contributed by atoms with van der Waals surface area (Å²) in [5.41, 5.74) is -1.87. The number of carbonyl (C=O) groups is 2. The molecule has 2 aliphatic rings. The predicted octanol–water partition coefficient (Wildman–Crippen LogP) is 4.28. The summed E-state index contributed by atoms with van der Waals surface area (Å²) < 4.78 is 39.5. The zero-order valence-electron chi connectivity index (χ0n) is 18.3. The maximum absolute atomic E-state index is 13.2. The first-order valence-corrected chi connectivity index (χ1v) is 11.3. The van der Waals surface area contributed by atoms with Crippen LogP contribution in [0.4, 0.5) is 30.6 Å². The molecule has 34 heavy (non-hydrogen) atoms. The highest BCUT2D eigenvalue weighted by molar-refractivity contribution is 6.31. The van der Waals surface area contributed by atoms with Gasteiger partial charge < -0.3 is 15.5 Å². The molecule has 3 heterocycles. The summed E-state index contributed by atoms with van der Waals surface area (Å²) in [6, 6.07) is 3.13. The lowest BCUT2D eigenvalue weighted by Crippen LogP contribution is -2.43. The number of nitrogens with one attached hydrogen (secondary N) is 3. The lowest BCUT2D eigenvalue weighted by atomic mass is 9.92. The van der Waals surface area contributed by atoms with Gasteiger partial charge in [0.05, 0.1) is 22.1 Å². The molecule has 2 aliphatic heterocycles. The third-order valence-corrected chi connectivity index (χ3v) is 6.49. The molecule has 0 radical (unpaired) electrons. The number of nitrogens with zero attached hydrogens (tertiary/aromatic N) is 2. The van der Waals surface area contributed by atoms with Crippen molar-refractivity contribution in [3.05, 3.63) is 44.7 Å². The van der Waals surface area contributed by atoms with Crippen molar-refractivity contribution in [2.24, 2.45) is 0 Å². The second kappa shape index (κ2) is 9.28. The van der Waals surface area contributed by atoms with E-state index in [0.29, 0.717) is 18.6 Å². The van der Waals surface area contributed by atoms with E-state index in [0.717, 1.165) is 31.7 Å². The number of hydrogen-bond donors (Lipinski definition) is 3. The van der Waals surface area contributed by atoms with Crippen LogP contribution in [0.2, 0.25) is 5.02 Å². The summed E-state index contributed by atoms with van der Waals surface area (Å²) >= 11 is 5.63. The second-order valence-corrected chi connectivity index (χ2v) is 8.80. The third kappa shape index (κ3) is 4.75. The molecule has 0 aliphatic carbocycles. The van der Waals surface area contributed by atoms with Crippen LogP contribution in [0.5, 0.6) is 0 Å². The molecule has 2 aromatic rings. The Hall–Kier alpha value is -3.08. The standard InChI is InChI=1S/C22H23ClF3N5O3/c1-2-12-5-3-4-8-31(12)21-29-18-17(20(34)30-21)13(10-16(32)28-18)19(33)27-11-6-7-15(23)14(9-11)22(24,25)26/h6-7,9,12-13H,2-5,8,10H2,1H3,(H,27,33)(H2,28,29,30,32,34)/t12-,13+/m1/s1. The van der Waals surface area contributed by atoms with Gasteiger partial charge in [-0.25, -0.2) is 0 Å². The van der Waals surface area contributed by atoms with Crippen LogP contribution < -0.4 is 21.1 Å². The number of amides is 2. The van der Waals surface area contributed by atoms with Gasteiger partial charge in [0.15, 0.2) is 0 Å². The number of carbonyl (C=O) groups excluding carboxylic acids is 2. The number of anilines is 3. The number of halogens is 4. The molecule has 1 fully saturated rings. The van der Waals surface area contributed by atoms with Crippen molar-refractivity contribution in [3.63, 3.8) is 0 Å². The fourth-order valence-electron chi connectivity index (χ4n) is 4.47. The topological polar surface area (TPSA) is 107 Å². The van der Waals surface area contributed by atoms with Gasteiger partial charge in [-0.05, 0) is 43.9 Å². The van der Waals surface area contributed by atoms with Crippen LogP contribution >= 0.6 is 11.6 Å². The molecular weight excluding hydrogens is 475 g/mol. The van der Waals surface area contributed by atoms with Gasteiger partial charge in [-0.2, -0.15) is 18.2 Å². The van der Waals surface area contributed by atoms with Gasteiger partial charge in [0.1, 0.15) is 5.82 Å². The minimum Gasteiger partial charge on any atom is -0.339 e. The van der Waals surface area contributed by atoms with Gasteiger partial charge in [0, 0.05) is 24.7 Å². The first kappa shape index (κ1) is 24.1. The van der Waals surface area contributed by atoms with Gasteiger partial charge in [-0.15, -0.1) is 0 Å². The van der Waals surface area contributed by atoms with E-state index in [4.69, 9.17) is 11.6 Å².